The van der Waals surface area contributed by atoms with Crippen LogP contribution in [0.25, 0.3) is 0 Å². The SMILES string of the molecule is CC(C)Oc1ccc(CNC(=O)CNc2ccc(Cl)cc2)cc1. The van der Waals surface area contributed by atoms with Crippen molar-refractivity contribution in [3.63, 3.8) is 0 Å². The summed E-state index contributed by atoms with van der Waals surface area (Å²) in [5.41, 5.74) is 1.89. The molecule has 122 valence electrons. The number of ether oxygens (including phenoxy) is 1. The molecule has 0 heterocycles. The van der Waals surface area contributed by atoms with Crippen molar-refractivity contribution < 1.29 is 9.53 Å². The maximum atomic E-state index is 11.8. The number of nitrogens with one attached hydrogen (secondary N) is 2. The Morgan fingerprint density at radius 1 is 1.09 bits per heavy atom. The molecule has 0 bridgehead atoms. The summed E-state index contributed by atoms with van der Waals surface area (Å²) in [4.78, 5) is 11.8. The second-order valence-corrected chi connectivity index (χ2v) is 5.88. The Morgan fingerprint density at radius 2 is 1.74 bits per heavy atom. The Balaban J connectivity index is 1.74. The van der Waals surface area contributed by atoms with Gasteiger partial charge >= 0.3 is 0 Å². The molecule has 0 radical (unpaired) electrons. The van der Waals surface area contributed by atoms with Gasteiger partial charge < -0.3 is 15.4 Å². The van der Waals surface area contributed by atoms with Crippen LogP contribution in [0.15, 0.2) is 48.5 Å². The molecular weight excluding hydrogens is 312 g/mol. The van der Waals surface area contributed by atoms with Gasteiger partial charge in [-0.15, -0.1) is 0 Å². The predicted molar refractivity (Wildman–Crippen MR) is 94.0 cm³/mol. The third-order valence-electron chi connectivity index (χ3n) is 3.08. The largest absolute Gasteiger partial charge is 0.491 e. The first kappa shape index (κ1) is 17.2. The van der Waals surface area contributed by atoms with Crippen LogP contribution >= 0.6 is 11.6 Å². The average Bonchev–Trinajstić information content (AvgIpc) is 2.53. The van der Waals surface area contributed by atoms with Gasteiger partial charge in [-0.1, -0.05) is 23.7 Å². The minimum absolute atomic E-state index is 0.0672. The predicted octanol–water partition coefficient (Wildman–Crippen LogP) is 3.86. The van der Waals surface area contributed by atoms with E-state index in [4.69, 9.17) is 16.3 Å². The average molecular weight is 333 g/mol. The van der Waals surface area contributed by atoms with Crippen molar-refractivity contribution in [2.75, 3.05) is 11.9 Å². The van der Waals surface area contributed by atoms with Gasteiger partial charge in [-0.3, -0.25) is 4.79 Å². The second kappa shape index (κ2) is 8.44. The first-order chi connectivity index (χ1) is 11.0. The van der Waals surface area contributed by atoms with E-state index in [0.717, 1.165) is 17.0 Å². The highest BCUT2D eigenvalue weighted by Crippen LogP contribution is 2.14. The summed E-state index contributed by atoms with van der Waals surface area (Å²) in [6, 6.07) is 15.0. The zero-order valence-corrected chi connectivity index (χ0v) is 14.1. The quantitative estimate of drug-likeness (QED) is 0.809. The van der Waals surface area contributed by atoms with Gasteiger partial charge in [0.1, 0.15) is 5.75 Å². The van der Waals surface area contributed by atoms with Crippen molar-refractivity contribution in [2.45, 2.75) is 26.5 Å². The van der Waals surface area contributed by atoms with Crippen LogP contribution in [0.1, 0.15) is 19.4 Å². The lowest BCUT2D eigenvalue weighted by Gasteiger charge is -2.11. The molecule has 4 nitrogen and oxygen atoms in total. The highest BCUT2D eigenvalue weighted by atomic mass is 35.5. The number of benzene rings is 2. The molecular formula is C18H21ClN2O2. The van der Waals surface area contributed by atoms with Gasteiger partial charge in [0.2, 0.25) is 5.91 Å². The fourth-order valence-electron chi connectivity index (χ4n) is 1.97. The van der Waals surface area contributed by atoms with Crippen LogP contribution < -0.4 is 15.4 Å². The summed E-state index contributed by atoms with van der Waals surface area (Å²) >= 11 is 5.81. The number of hydrogen-bond donors (Lipinski definition) is 2. The van der Waals surface area contributed by atoms with E-state index in [-0.39, 0.29) is 18.6 Å². The standard InChI is InChI=1S/C18H21ClN2O2/c1-13(2)23-17-9-3-14(4-10-17)11-21-18(22)12-20-16-7-5-15(19)6-8-16/h3-10,13,20H,11-12H2,1-2H3,(H,21,22). The van der Waals surface area contributed by atoms with E-state index >= 15 is 0 Å². The zero-order valence-electron chi connectivity index (χ0n) is 13.3. The third kappa shape index (κ3) is 6.20. The van der Waals surface area contributed by atoms with Crippen LogP contribution in [0.4, 0.5) is 5.69 Å². The molecule has 0 aliphatic rings. The first-order valence-corrected chi connectivity index (χ1v) is 7.92. The Kier molecular flexibility index (Phi) is 6.29. The molecule has 2 rings (SSSR count). The summed E-state index contributed by atoms with van der Waals surface area (Å²) in [6.07, 6.45) is 0.152. The van der Waals surface area contributed by atoms with E-state index in [1.165, 1.54) is 0 Å². The summed E-state index contributed by atoms with van der Waals surface area (Å²) in [7, 11) is 0. The number of anilines is 1. The minimum atomic E-state index is -0.0672. The maximum absolute atomic E-state index is 11.8. The van der Waals surface area contributed by atoms with Crippen LogP contribution in [0, 0.1) is 0 Å². The molecule has 0 aliphatic carbocycles. The molecule has 0 saturated heterocycles. The van der Waals surface area contributed by atoms with Crippen LogP contribution in [-0.2, 0) is 11.3 Å². The normalized spacial score (nSPS) is 10.4. The number of rotatable bonds is 7. The molecule has 0 saturated carbocycles. The molecule has 0 spiro atoms. The Labute approximate surface area is 141 Å². The molecule has 2 N–H and O–H groups in total. The fourth-order valence-corrected chi connectivity index (χ4v) is 2.10. The molecule has 0 aromatic heterocycles. The zero-order chi connectivity index (χ0) is 16.7. The number of carbonyl (C=O) groups excluding carboxylic acids is 1. The monoisotopic (exact) mass is 332 g/mol. The number of halogens is 1. The molecule has 0 atom stereocenters. The smallest absolute Gasteiger partial charge is 0.239 e. The lowest BCUT2D eigenvalue weighted by molar-refractivity contribution is -0.119. The Morgan fingerprint density at radius 3 is 2.35 bits per heavy atom. The maximum Gasteiger partial charge on any atom is 0.239 e. The number of amides is 1. The van der Waals surface area contributed by atoms with E-state index in [1.807, 2.05) is 50.2 Å². The number of carbonyl (C=O) groups is 1. The molecule has 5 heteroatoms. The van der Waals surface area contributed by atoms with E-state index in [2.05, 4.69) is 10.6 Å². The van der Waals surface area contributed by atoms with Crippen molar-refractivity contribution in [3.05, 3.63) is 59.1 Å². The number of hydrogen-bond acceptors (Lipinski definition) is 3. The lowest BCUT2D eigenvalue weighted by Crippen LogP contribution is -2.29. The molecule has 2 aromatic rings. The molecule has 23 heavy (non-hydrogen) atoms. The van der Waals surface area contributed by atoms with E-state index in [1.54, 1.807) is 12.1 Å². The topological polar surface area (TPSA) is 50.4 Å². The van der Waals surface area contributed by atoms with Crippen LogP contribution in [0.3, 0.4) is 0 Å². The first-order valence-electron chi connectivity index (χ1n) is 7.54. The van der Waals surface area contributed by atoms with E-state index < -0.39 is 0 Å². The summed E-state index contributed by atoms with van der Waals surface area (Å²) in [5.74, 6) is 0.766. The molecule has 2 aromatic carbocycles. The van der Waals surface area contributed by atoms with Crippen LogP contribution in [0.2, 0.25) is 5.02 Å². The molecule has 0 fully saturated rings. The van der Waals surface area contributed by atoms with Crippen molar-refractivity contribution in [2.24, 2.45) is 0 Å². The Hall–Kier alpha value is -2.20. The summed E-state index contributed by atoms with van der Waals surface area (Å²) in [6.45, 7) is 4.68. The van der Waals surface area contributed by atoms with Gasteiger partial charge in [0.15, 0.2) is 0 Å². The molecule has 1 amide bonds. The highest BCUT2D eigenvalue weighted by molar-refractivity contribution is 6.30. The molecule has 0 aliphatic heterocycles. The lowest BCUT2D eigenvalue weighted by atomic mass is 10.2. The summed E-state index contributed by atoms with van der Waals surface area (Å²) < 4.78 is 5.58. The van der Waals surface area contributed by atoms with Crippen molar-refractivity contribution >= 4 is 23.2 Å². The third-order valence-corrected chi connectivity index (χ3v) is 3.33. The van der Waals surface area contributed by atoms with Crippen LogP contribution in [0.5, 0.6) is 5.75 Å². The van der Waals surface area contributed by atoms with E-state index in [0.29, 0.717) is 11.6 Å². The van der Waals surface area contributed by atoms with Crippen molar-refractivity contribution in [1.29, 1.82) is 0 Å². The highest BCUT2D eigenvalue weighted by Gasteiger charge is 2.02. The van der Waals surface area contributed by atoms with Gasteiger partial charge in [0.25, 0.3) is 0 Å². The van der Waals surface area contributed by atoms with E-state index in [9.17, 15) is 4.79 Å². The van der Waals surface area contributed by atoms with Crippen molar-refractivity contribution in [3.8, 4) is 5.75 Å². The van der Waals surface area contributed by atoms with Gasteiger partial charge in [0, 0.05) is 17.3 Å². The van der Waals surface area contributed by atoms with Crippen LogP contribution in [-0.4, -0.2) is 18.6 Å². The second-order valence-electron chi connectivity index (χ2n) is 5.45. The minimum Gasteiger partial charge on any atom is -0.491 e. The van der Waals surface area contributed by atoms with Gasteiger partial charge in [-0.05, 0) is 55.8 Å². The molecule has 0 unspecified atom stereocenters. The van der Waals surface area contributed by atoms with Gasteiger partial charge in [-0.2, -0.15) is 0 Å². The van der Waals surface area contributed by atoms with Gasteiger partial charge in [-0.25, -0.2) is 0 Å². The Bertz CT molecular complexity index is 624. The van der Waals surface area contributed by atoms with Crippen molar-refractivity contribution in [1.82, 2.24) is 5.32 Å². The van der Waals surface area contributed by atoms with Gasteiger partial charge in [0.05, 0.1) is 12.6 Å². The fraction of sp³-hybridized carbons (Fsp3) is 0.278. The summed E-state index contributed by atoms with van der Waals surface area (Å²) in [5, 5.41) is 6.59.